The molecule has 2 aliphatic rings. The molecule has 2 saturated heterocycles. The highest BCUT2D eigenvalue weighted by Crippen LogP contribution is 2.32. The Labute approximate surface area is 111 Å². The van der Waals surface area contributed by atoms with Crippen LogP contribution in [0.4, 0.5) is 0 Å². The molecule has 0 unspecified atom stereocenters. The van der Waals surface area contributed by atoms with Gasteiger partial charge >= 0.3 is 0 Å². The van der Waals surface area contributed by atoms with Crippen LogP contribution in [0, 0.1) is 0 Å². The lowest BCUT2D eigenvalue weighted by Gasteiger charge is -2.41. The maximum Gasteiger partial charge on any atom is 0.184 e. The summed E-state index contributed by atoms with van der Waals surface area (Å²) in [6.07, 6.45) is -0.363. The Balaban J connectivity index is 1.78. The molecule has 5 nitrogen and oxygen atoms in total. The van der Waals surface area contributed by atoms with Crippen LogP contribution in [0.3, 0.4) is 0 Å². The van der Waals surface area contributed by atoms with Crippen molar-refractivity contribution in [3.63, 3.8) is 0 Å². The molecule has 5 heteroatoms. The summed E-state index contributed by atoms with van der Waals surface area (Å²) in [5, 5.41) is 12.5. The van der Waals surface area contributed by atoms with Gasteiger partial charge < -0.3 is 19.4 Å². The second kappa shape index (κ2) is 5.28. The van der Waals surface area contributed by atoms with Crippen molar-refractivity contribution < 1.29 is 19.4 Å². The summed E-state index contributed by atoms with van der Waals surface area (Å²) in [6, 6.07) is 9.73. The Kier molecular flexibility index (Phi) is 3.50. The normalized spacial score (nSPS) is 37.0. The molecule has 1 aromatic rings. The number of hydrogen-bond acceptors (Lipinski definition) is 5. The molecule has 3 rings (SSSR count). The van der Waals surface area contributed by atoms with E-state index >= 15 is 0 Å². The zero-order valence-corrected chi connectivity index (χ0v) is 10.7. The topological polar surface area (TPSA) is 60.3 Å². The number of fused-ring (bicyclic) bond motifs is 1. The molecule has 102 valence electrons. The van der Waals surface area contributed by atoms with Gasteiger partial charge in [0, 0.05) is 12.0 Å². The molecular weight excluding hydrogens is 246 g/mol. The molecule has 19 heavy (non-hydrogen) atoms. The molecule has 0 bridgehead atoms. The van der Waals surface area contributed by atoms with E-state index in [1.807, 2.05) is 37.3 Å². The van der Waals surface area contributed by atoms with Crippen LogP contribution < -0.4 is 0 Å². The predicted octanol–water partition coefficient (Wildman–Crippen LogP) is 2.11. The molecule has 0 aliphatic carbocycles. The van der Waals surface area contributed by atoms with Crippen LogP contribution in [0.25, 0.3) is 0 Å². The van der Waals surface area contributed by atoms with Gasteiger partial charge in [-0.05, 0) is 6.92 Å². The fourth-order valence-corrected chi connectivity index (χ4v) is 2.57. The minimum Gasteiger partial charge on any atom is -0.411 e. The molecule has 0 radical (unpaired) electrons. The van der Waals surface area contributed by atoms with Gasteiger partial charge in [0.1, 0.15) is 12.2 Å². The monoisotopic (exact) mass is 263 g/mol. The summed E-state index contributed by atoms with van der Waals surface area (Å²) in [4.78, 5) is 0. The SMILES string of the molecule is C[C@@H]1C/C(=N/O)[C@@H]2O[C@H](c3ccccc3)OC[C@H]2O1. The minimum atomic E-state index is -0.434. The fourth-order valence-electron chi connectivity index (χ4n) is 2.57. The average Bonchev–Trinajstić information content (AvgIpc) is 2.46. The third-order valence-electron chi connectivity index (χ3n) is 3.45. The molecule has 0 aromatic heterocycles. The minimum absolute atomic E-state index is 0.0209. The summed E-state index contributed by atoms with van der Waals surface area (Å²) in [7, 11) is 0. The molecule has 1 aromatic carbocycles. The van der Waals surface area contributed by atoms with Gasteiger partial charge in [-0.25, -0.2) is 0 Å². The van der Waals surface area contributed by atoms with Crippen molar-refractivity contribution in [2.75, 3.05) is 6.61 Å². The van der Waals surface area contributed by atoms with Crippen molar-refractivity contribution in [2.45, 2.75) is 37.9 Å². The zero-order chi connectivity index (χ0) is 13.2. The number of hydrogen-bond donors (Lipinski definition) is 1. The molecule has 4 atom stereocenters. The van der Waals surface area contributed by atoms with Crippen LogP contribution in [-0.2, 0) is 14.2 Å². The molecule has 0 saturated carbocycles. The van der Waals surface area contributed by atoms with Crippen LogP contribution >= 0.6 is 0 Å². The Bertz CT molecular complexity index is 462. The third-order valence-corrected chi connectivity index (χ3v) is 3.45. The Morgan fingerprint density at radius 2 is 2.00 bits per heavy atom. The summed E-state index contributed by atoms with van der Waals surface area (Å²) in [5.41, 5.74) is 1.59. The van der Waals surface area contributed by atoms with Crippen molar-refractivity contribution in [3.05, 3.63) is 35.9 Å². The maximum absolute atomic E-state index is 9.12. The quantitative estimate of drug-likeness (QED) is 0.622. The van der Waals surface area contributed by atoms with Gasteiger partial charge in [-0.1, -0.05) is 35.5 Å². The first-order chi connectivity index (χ1) is 9.28. The second-order valence-corrected chi connectivity index (χ2v) is 4.91. The highest BCUT2D eigenvalue weighted by atomic mass is 16.7. The highest BCUT2D eigenvalue weighted by Gasteiger charge is 2.41. The van der Waals surface area contributed by atoms with E-state index in [4.69, 9.17) is 19.4 Å². The number of ether oxygens (including phenoxy) is 3. The van der Waals surface area contributed by atoms with Crippen molar-refractivity contribution in [3.8, 4) is 0 Å². The van der Waals surface area contributed by atoms with Gasteiger partial charge in [0.05, 0.1) is 18.4 Å². The van der Waals surface area contributed by atoms with E-state index in [0.29, 0.717) is 18.7 Å². The molecular formula is C14H17NO4. The van der Waals surface area contributed by atoms with Crippen molar-refractivity contribution in [1.82, 2.24) is 0 Å². The van der Waals surface area contributed by atoms with Crippen LogP contribution in [0.5, 0.6) is 0 Å². The standard InChI is InChI=1S/C14H17NO4/c1-9-7-11(15-16)13-12(18-9)8-17-14(19-13)10-5-3-2-4-6-10/h2-6,9,12-14,16H,7-8H2,1H3/b15-11-/t9-,12-,13+,14-/m1/s1. The van der Waals surface area contributed by atoms with E-state index in [9.17, 15) is 0 Å². The Morgan fingerprint density at radius 3 is 2.74 bits per heavy atom. The third kappa shape index (κ3) is 2.49. The second-order valence-electron chi connectivity index (χ2n) is 4.91. The lowest BCUT2D eigenvalue weighted by molar-refractivity contribution is -0.261. The van der Waals surface area contributed by atoms with Crippen LogP contribution in [0.2, 0.25) is 0 Å². The fraction of sp³-hybridized carbons (Fsp3) is 0.500. The first-order valence-corrected chi connectivity index (χ1v) is 6.46. The first kappa shape index (κ1) is 12.6. The van der Waals surface area contributed by atoms with Crippen molar-refractivity contribution in [2.24, 2.45) is 5.16 Å². The van der Waals surface area contributed by atoms with Crippen molar-refractivity contribution >= 4 is 5.71 Å². The number of rotatable bonds is 1. The molecule has 1 N–H and O–H groups in total. The maximum atomic E-state index is 9.12. The van der Waals surface area contributed by atoms with E-state index in [2.05, 4.69) is 5.16 Å². The lowest BCUT2D eigenvalue weighted by atomic mass is 9.98. The van der Waals surface area contributed by atoms with E-state index < -0.39 is 6.29 Å². The van der Waals surface area contributed by atoms with Gasteiger partial charge in [0.25, 0.3) is 0 Å². The van der Waals surface area contributed by atoms with E-state index in [1.165, 1.54) is 0 Å². The van der Waals surface area contributed by atoms with Gasteiger partial charge in [-0.15, -0.1) is 0 Å². The van der Waals surface area contributed by atoms with Gasteiger partial charge in [-0.2, -0.15) is 0 Å². The van der Waals surface area contributed by atoms with E-state index in [-0.39, 0.29) is 18.3 Å². The molecule has 0 amide bonds. The largest absolute Gasteiger partial charge is 0.411 e. The van der Waals surface area contributed by atoms with Crippen LogP contribution in [-0.4, -0.2) is 35.8 Å². The molecule has 0 spiro atoms. The number of benzene rings is 1. The highest BCUT2D eigenvalue weighted by molar-refractivity contribution is 5.90. The summed E-state index contributed by atoms with van der Waals surface area (Å²) in [5.74, 6) is 0. The summed E-state index contributed by atoms with van der Waals surface area (Å²) < 4.78 is 17.3. The predicted molar refractivity (Wildman–Crippen MR) is 68.2 cm³/mol. The van der Waals surface area contributed by atoms with E-state index in [1.54, 1.807) is 0 Å². The smallest absolute Gasteiger partial charge is 0.184 e. The summed E-state index contributed by atoms with van der Waals surface area (Å²) >= 11 is 0. The average molecular weight is 263 g/mol. The van der Waals surface area contributed by atoms with E-state index in [0.717, 1.165) is 5.56 Å². The molecule has 2 fully saturated rings. The Morgan fingerprint density at radius 1 is 1.21 bits per heavy atom. The molecule has 2 heterocycles. The van der Waals surface area contributed by atoms with Crippen LogP contribution in [0.15, 0.2) is 35.5 Å². The van der Waals surface area contributed by atoms with Gasteiger partial charge in [-0.3, -0.25) is 0 Å². The first-order valence-electron chi connectivity index (χ1n) is 6.46. The Hall–Kier alpha value is -1.43. The molecule has 2 aliphatic heterocycles. The van der Waals surface area contributed by atoms with Gasteiger partial charge in [0.2, 0.25) is 0 Å². The zero-order valence-electron chi connectivity index (χ0n) is 10.7. The van der Waals surface area contributed by atoms with Crippen molar-refractivity contribution in [1.29, 1.82) is 0 Å². The number of nitrogens with zero attached hydrogens (tertiary/aromatic N) is 1. The lowest BCUT2D eigenvalue weighted by Crippen LogP contribution is -2.52. The summed E-state index contributed by atoms with van der Waals surface area (Å²) in [6.45, 7) is 2.39. The number of oxime groups is 1. The van der Waals surface area contributed by atoms with Crippen LogP contribution in [0.1, 0.15) is 25.2 Å². The van der Waals surface area contributed by atoms with Gasteiger partial charge in [0.15, 0.2) is 6.29 Å².